The summed E-state index contributed by atoms with van der Waals surface area (Å²) in [6, 6.07) is 15.8. The van der Waals surface area contributed by atoms with Gasteiger partial charge in [0, 0.05) is 10.2 Å². The van der Waals surface area contributed by atoms with E-state index in [1.807, 2.05) is 55.5 Å². The number of rotatable bonds is 3. The van der Waals surface area contributed by atoms with Gasteiger partial charge in [0.25, 0.3) is 0 Å². The molecular weight excluding hydrogens is 334 g/mol. The highest BCUT2D eigenvalue weighted by atomic mass is 79.9. The molecule has 102 valence electrons. The normalized spacial score (nSPS) is 10.5. The molecule has 5 heteroatoms. The molecule has 0 spiro atoms. The van der Waals surface area contributed by atoms with Crippen LogP contribution >= 0.6 is 28.1 Å². The molecule has 2 aromatic carbocycles. The highest BCUT2D eigenvalue weighted by Crippen LogP contribution is 2.09. The minimum absolute atomic E-state index is 0.460. The Hall–Kier alpha value is -1.72. The van der Waals surface area contributed by atoms with E-state index in [0.29, 0.717) is 5.11 Å². The molecule has 0 aromatic heterocycles. The Morgan fingerprint density at radius 2 is 1.75 bits per heavy atom. The lowest BCUT2D eigenvalue weighted by Crippen LogP contribution is -2.23. The molecule has 0 atom stereocenters. The maximum atomic E-state index is 5.16. The zero-order valence-corrected chi connectivity index (χ0v) is 13.3. The van der Waals surface area contributed by atoms with E-state index in [4.69, 9.17) is 12.2 Å². The smallest absolute Gasteiger partial charge is 0.191 e. The second-order valence-electron chi connectivity index (χ2n) is 4.24. The molecule has 2 aromatic rings. The van der Waals surface area contributed by atoms with Gasteiger partial charge in [-0.25, -0.2) is 0 Å². The lowest BCUT2D eigenvalue weighted by Gasteiger charge is -2.06. The number of thiocarbonyl (C=S) groups is 1. The Balaban J connectivity index is 1.85. The molecular formula is C15H14BrN3S. The van der Waals surface area contributed by atoms with Crippen molar-refractivity contribution < 1.29 is 0 Å². The van der Waals surface area contributed by atoms with E-state index in [1.165, 1.54) is 5.56 Å². The van der Waals surface area contributed by atoms with Gasteiger partial charge in [-0.2, -0.15) is 5.10 Å². The summed E-state index contributed by atoms with van der Waals surface area (Å²) in [7, 11) is 0. The third-order valence-corrected chi connectivity index (χ3v) is 3.28. The van der Waals surface area contributed by atoms with Crippen LogP contribution in [0.25, 0.3) is 0 Å². The van der Waals surface area contributed by atoms with Crippen molar-refractivity contribution in [3.05, 3.63) is 64.1 Å². The summed E-state index contributed by atoms with van der Waals surface area (Å²) in [6.07, 6.45) is 1.72. The zero-order chi connectivity index (χ0) is 14.4. The quantitative estimate of drug-likeness (QED) is 0.499. The topological polar surface area (TPSA) is 36.4 Å². The molecule has 2 N–H and O–H groups in total. The monoisotopic (exact) mass is 347 g/mol. The van der Waals surface area contributed by atoms with Crippen LogP contribution in [0.2, 0.25) is 0 Å². The number of nitrogens with one attached hydrogen (secondary N) is 2. The summed E-state index contributed by atoms with van der Waals surface area (Å²) in [5, 5.41) is 7.61. The molecule has 0 amide bonds. The molecule has 20 heavy (non-hydrogen) atoms. The van der Waals surface area contributed by atoms with E-state index >= 15 is 0 Å². The molecule has 0 saturated carbocycles. The Bertz CT molecular complexity index is 606. The maximum absolute atomic E-state index is 5.16. The standard InChI is InChI=1S/C15H14BrN3S/c1-11-2-8-14(9-3-11)18-15(20)19-17-10-12-4-6-13(16)7-5-12/h2-10H,1H3,(H2,18,19,20). The van der Waals surface area contributed by atoms with Crippen LogP contribution in [0.15, 0.2) is 58.1 Å². The van der Waals surface area contributed by atoms with Crippen molar-refractivity contribution in [3.63, 3.8) is 0 Å². The van der Waals surface area contributed by atoms with Crippen LogP contribution in [0.5, 0.6) is 0 Å². The van der Waals surface area contributed by atoms with Gasteiger partial charge >= 0.3 is 0 Å². The van der Waals surface area contributed by atoms with Crippen LogP contribution in [-0.4, -0.2) is 11.3 Å². The largest absolute Gasteiger partial charge is 0.331 e. The van der Waals surface area contributed by atoms with Crippen molar-refractivity contribution in [1.29, 1.82) is 0 Å². The Morgan fingerprint density at radius 1 is 1.10 bits per heavy atom. The predicted octanol–water partition coefficient (Wildman–Crippen LogP) is 4.08. The summed E-state index contributed by atoms with van der Waals surface area (Å²) in [5.74, 6) is 0. The predicted molar refractivity (Wildman–Crippen MR) is 92.3 cm³/mol. The fourth-order valence-electron chi connectivity index (χ4n) is 1.51. The summed E-state index contributed by atoms with van der Waals surface area (Å²) < 4.78 is 1.04. The van der Waals surface area contributed by atoms with Gasteiger partial charge in [-0.1, -0.05) is 45.8 Å². The number of hydrogen-bond donors (Lipinski definition) is 2. The number of hydrogen-bond acceptors (Lipinski definition) is 2. The fourth-order valence-corrected chi connectivity index (χ4v) is 1.95. The van der Waals surface area contributed by atoms with Gasteiger partial charge in [0.2, 0.25) is 0 Å². The first kappa shape index (κ1) is 14.7. The van der Waals surface area contributed by atoms with Gasteiger partial charge in [0.15, 0.2) is 5.11 Å². The number of halogens is 1. The van der Waals surface area contributed by atoms with Crippen LogP contribution < -0.4 is 10.7 Å². The molecule has 0 aliphatic heterocycles. The van der Waals surface area contributed by atoms with Gasteiger partial charge in [-0.3, -0.25) is 5.43 Å². The zero-order valence-electron chi connectivity index (χ0n) is 10.9. The van der Waals surface area contributed by atoms with Crippen LogP contribution in [-0.2, 0) is 0 Å². The molecule has 0 heterocycles. The highest BCUT2D eigenvalue weighted by Gasteiger charge is 1.95. The number of aryl methyl sites for hydroxylation is 1. The van der Waals surface area contributed by atoms with Crippen molar-refractivity contribution in [1.82, 2.24) is 5.43 Å². The molecule has 0 radical (unpaired) electrons. The number of anilines is 1. The van der Waals surface area contributed by atoms with Crippen LogP contribution in [0.4, 0.5) is 5.69 Å². The van der Waals surface area contributed by atoms with E-state index in [1.54, 1.807) is 6.21 Å². The maximum Gasteiger partial charge on any atom is 0.191 e. The minimum Gasteiger partial charge on any atom is -0.331 e. The van der Waals surface area contributed by atoms with Crippen LogP contribution in [0.3, 0.4) is 0 Å². The van der Waals surface area contributed by atoms with Crippen molar-refractivity contribution in [2.24, 2.45) is 5.10 Å². The van der Waals surface area contributed by atoms with Crippen LogP contribution in [0.1, 0.15) is 11.1 Å². The molecule has 0 aliphatic carbocycles. The fraction of sp³-hybridized carbons (Fsp3) is 0.0667. The second-order valence-corrected chi connectivity index (χ2v) is 5.57. The van der Waals surface area contributed by atoms with E-state index in [-0.39, 0.29) is 0 Å². The van der Waals surface area contributed by atoms with E-state index in [0.717, 1.165) is 15.7 Å². The Morgan fingerprint density at radius 3 is 2.40 bits per heavy atom. The molecule has 2 rings (SSSR count). The van der Waals surface area contributed by atoms with Crippen molar-refractivity contribution in [2.45, 2.75) is 6.92 Å². The number of benzene rings is 2. The highest BCUT2D eigenvalue weighted by molar-refractivity contribution is 9.10. The van der Waals surface area contributed by atoms with E-state index in [2.05, 4.69) is 31.8 Å². The third kappa shape index (κ3) is 4.75. The van der Waals surface area contributed by atoms with Gasteiger partial charge in [-0.15, -0.1) is 0 Å². The van der Waals surface area contributed by atoms with Crippen LogP contribution in [0, 0.1) is 6.92 Å². The third-order valence-electron chi connectivity index (χ3n) is 2.56. The summed E-state index contributed by atoms with van der Waals surface area (Å²) in [4.78, 5) is 0. The average Bonchev–Trinajstić information content (AvgIpc) is 2.44. The Labute approximate surface area is 132 Å². The molecule has 0 fully saturated rings. The minimum atomic E-state index is 0.460. The molecule has 0 unspecified atom stereocenters. The number of hydrazone groups is 1. The van der Waals surface area contributed by atoms with Gasteiger partial charge in [-0.05, 0) is 49.0 Å². The van der Waals surface area contributed by atoms with Gasteiger partial charge in [0.1, 0.15) is 0 Å². The SMILES string of the molecule is Cc1ccc(NC(=S)NN=Cc2ccc(Br)cc2)cc1. The van der Waals surface area contributed by atoms with Crippen molar-refractivity contribution in [2.75, 3.05) is 5.32 Å². The molecule has 0 bridgehead atoms. The van der Waals surface area contributed by atoms with Gasteiger partial charge < -0.3 is 5.32 Å². The number of nitrogens with zero attached hydrogens (tertiary/aromatic N) is 1. The van der Waals surface area contributed by atoms with E-state index in [9.17, 15) is 0 Å². The second kappa shape index (κ2) is 7.17. The first-order valence-corrected chi connectivity index (χ1v) is 7.26. The lowest BCUT2D eigenvalue weighted by atomic mass is 10.2. The molecule has 0 saturated heterocycles. The molecule has 0 aliphatic rings. The summed E-state index contributed by atoms with van der Waals surface area (Å²) in [6.45, 7) is 2.04. The first-order valence-electron chi connectivity index (χ1n) is 6.06. The van der Waals surface area contributed by atoms with E-state index < -0.39 is 0 Å². The van der Waals surface area contributed by atoms with Gasteiger partial charge in [0.05, 0.1) is 6.21 Å². The molecule has 3 nitrogen and oxygen atoms in total. The first-order chi connectivity index (χ1) is 9.63. The summed E-state index contributed by atoms with van der Waals surface area (Å²) >= 11 is 8.55. The van der Waals surface area contributed by atoms with Crippen molar-refractivity contribution >= 4 is 45.2 Å². The van der Waals surface area contributed by atoms with Crippen molar-refractivity contribution in [3.8, 4) is 0 Å². The average molecular weight is 348 g/mol. The lowest BCUT2D eigenvalue weighted by molar-refractivity contribution is 1.05. The summed E-state index contributed by atoms with van der Waals surface area (Å²) in [5.41, 5.74) is 5.93. The Kier molecular flexibility index (Phi) is 5.26.